The molecule has 0 radical (unpaired) electrons. The van der Waals surface area contributed by atoms with Crippen LogP contribution in [0.25, 0.3) is 11.5 Å². The Hall–Kier alpha value is -3.56. The number of nitrogens with zero attached hydrogens (tertiary/aromatic N) is 3. The van der Waals surface area contributed by atoms with E-state index in [1.165, 1.54) is 10.8 Å². The fourth-order valence-corrected chi connectivity index (χ4v) is 3.28. The number of esters is 1. The number of ether oxygens (including phenoxy) is 1. The number of carbonyl (C=O) groups is 1. The van der Waals surface area contributed by atoms with Crippen molar-refractivity contribution in [3.63, 3.8) is 0 Å². The third kappa shape index (κ3) is 5.71. The summed E-state index contributed by atoms with van der Waals surface area (Å²) in [6.45, 7) is 6.69. The zero-order valence-electron chi connectivity index (χ0n) is 16.4. The topological polar surface area (TPSA) is 109 Å². The van der Waals surface area contributed by atoms with Crippen molar-refractivity contribution in [3.05, 3.63) is 49.7 Å². The van der Waals surface area contributed by atoms with Crippen LogP contribution in [0, 0.1) is 11.3 Å². The third-order valence-electron chi connectivity index (χ3n) is 3.58. The molecule has 2 rings (SSSR count). The highest BCUT2D eigenvalue weighted by atomic mass is 32.1. The van der Waals surface area contributed by atoms with Gasteiger partial charge in [0.2, 0.25) is 0 Å². The lowest BCUT2D eigenvalue weighted by Gasteiger charge is -2.04. The summed E-state index contributed by atoms with van der Waals surface area (Å²) >= 11 is 1.09. The van der Waals surface area contributed by atoms with Crippen LogP contribution in [0.2, 0.25) is 0 Å². The SMILES string of the molecule is CCNc1cc(NC=C=c2sc(=C=C(C#N)C(=O)OCC)n(CC)c2=O)ccn1. The summed E-state index contributed by atoms with van der Waals surface area (Å²) in [6, 6.07) is 5.39. The third-order valence-corrected chi connectivity index (χ3v) is 4.60. The fourth-order valence-electron chi connectivity index (χ4n) is 2.30. The largest absolute Gasteiger partial charge is 0.461 e. The van der Waals surface area contributed by atoms with E-state index in [1.807, 2.05) is 13.0 Å². The maximum Gasteiger partial charge on any atom is 0.357 e. The van der Waals surface area contributed by atoms with Crippen LogP contribution < -0.4 is 25.4 Å². The average molecular weight is 411 g/mol. The van der Waals surface area contributed by atoms with Gasteiger partial charge in [0.25, 0.3) is 5.56 Å². The van der Waals surface area contributed by atoms with E-state index in [1.54, 1.807) is 32.2 Å². The monoisotopic (exact) mass is 411 g/mol. The Kier molecular flexibility index (Phi) is 8.01. The molecule has 0 saturated heterocycles. The van der Waals surface area contributed by atoms with E-state index in [2.05, 4.69) is 27.1 Å². The predicted octanol–water partition coefficient (Wildman–Crippen LogP) is 1.15. The molecule has 0 atom stereocenters. The zero-order chi connectivity index (χ0) is 21.2. The quantitative estimate of drug-likeness (QED) is 0.400. The Morgan fingerprint density at radius 1 is 1.41 bits per heavy atom. The van der Waals surface area contributed by atoms with E-state index in [4.69, 9.17) is 4.74 Å². The van der Waals surface area contributed by atoms with Gasteiger partial charge in [0.1, 0.15) is 21.1 Å². The van der Waals surface area contributed by atoms with E-state index >= 15 is 0 Å². The van der Waals surface area contributed by atoms with Crippen LogP contribution >= 0.6 is 11.3 Å². The van der Waals surface area contributed by atoms with Gasteiger partial charge in [-0.2, -0.15) is 5.26 Å². The first-order chi connectivity index (χ1) is 14.0. The second-order valence-corrected chi connectivity index (χ2v) is 6.51. The van der Waals surface area contributed by atoms with Crippen molar-refractivity contribution < 1.29 is 9.53 Å². The maximum atomic E-state index is 12.6. The highest BCUT2D eigenvalue weighted by Gasteiger charge is 2.10. The van der Waals surface area contributed by atoms with Gasteiger partial charge in [-0.05, 0) is 26.8 Å². The summed E-state index contributed by atoms with van der Waals surface area (Å²) in [5.74, 6) is -0.0317. The van der Waals surface area contributed by atoms with Gasteiger partial charge in [0.05, 0.1) is 6.61 Å². The zero-order valence-corrected chi connectivity index (χ0v) is 17.2. The molecule has 0 spiro atoms. The molecule has 2 aromatic rings. The number of hydrogen-bond donors (Lipinski definition) is 2. The standard InChI is InChI=1S/C20H21N5O3S/c1-4-22-17-12-15(7-9-24-17)23-10-8-16-19(26)25(5-2)18(29-16)11-14(13-21)20(27)28-6-3/h7,9-10,12H,4-6H2,1-3H3,(H2,22,23,24). The van der Waals surface area contributed by atoms with Gasteiger partial charge < -0.3 is 15.4 Å². The van der Waals surface area contributed by atoms with Crippen molar-refractivity contribution in [2.24, 2.45) is 0 Å². The first-order valence-electron chi connectivity index (χ1n) is 9.03. The Balaban J connectivity index is 2.50. The summed E-state index contributed by atoms with van der Waals surface area (Å²) in [5, 5.41) is 15.3. The Bertz CT molecular complexity index is 1180. The summed E-state index contributed by atoms with van der Waals surface area (Å²) in [7, 11) is 0. The molecule has 2 heterocycles. The number of rotatable bonds is 7. The van der Waals surface area contributed by atoms with Crippen molar-refractivity contribution in [3.8, 4) is 6.07 Å². The number of thiazole rings is 1. The molecule has 2 N–H and O–H groups in total. The maximum absolute atomic E-state index is 12.6. The molecule has 0 saturated carbocycles. The lowest BCUT2D eigenvalue weighted by atomic mass is 10.3. The molecule has 29 heavy (non-hydrogen) atoms. The minimum Gasteiger partial charge on any atom is -0.461 e. The number of pyridine rings is 1. The highest BCUT2D eigenvalue weighted by molar-refractivity contribution is 7.07. The van der Waals surface area contributed by atoms with Crippen molar-refractivity contribution in [1.29, 1.82) is 5.26 Å². The molecular formula is C20H21N5O3S. The van der Waals surface area contributed by atoms with E-state index < -0.39 is 5.97 Å². The van der Waals surface area contributed by atoms with E-state index in [-0.39, 0.29) is 17.7 Å². The number of carbonyl (C=O) groups excluding carboxylic acids is 1. The molecule has 2 aromatic heterocycles. The smallest absolute Gasteiger partial charge is 0.357 e. The summed E-state index contributed by atoms with van der Waals surface area (Å²) in [5.41, 5.74) is 5.84. The molecule has 0 fully saturated rings. The lowest BCUT2D eigenvalue weighted by molar-refractivity contribution is -0.137. The second kappa shape index (κ2) is 10.7. The first-order valence-corrected chi connectivity index (χ1v) is 9.85. The Morgan fingerprint density at radius 2 is 2.21 bits per heavy atom. The van der Waals surface area contributed by atoms with Crippen LogP contribution in [-0.4, -0.2) is 28.7 Å². The fraction of sp³-hybridized carbons (Fsp3) is 0.300. The van der Waals surface area contributed by atoms with Gasteiger partial charge in [-0.3, -0.25) is 9.36 Å². The summed E-state index contributed by atoms with van der Waals surface area (Å²) in [6.07, 6.45) is 3.20. The van der Waals surface area contributed by atoms with Crippen molar-refractivity contribution in [2.75, 3.05) is 23.8 Å². The van der Waals surface area contributed by atoms with Crippen molar-refractivity contribution in [1.82, 2.24) is 9.55 Å². The molecule has 150 valence electrons. The Morgan fingerprint density at radius 3 is 2.86 bits per heavy atom. The highest BCUT2D eigenvalue weighted by Crippen LogP contribution is 2.11. The molecule has 0 amide bonds. The van der Waals surface area contributed by atoms with Crippen LogP contribution in [0.1, 0.15) is 20.8 Å². The normalized spacial score (nSPS) is 9.59. The van der Waals surface area contributed by atoms with Crippen LogP contribution in [0.15, 0.2) is 34.9 Å². The second-order valence-electron chi connectivity index (χ2n) is 5.51. The van der Waals surface area contributed by atoms with Crippen molar-refractivity contribution in [2.45, 2.75) is 27.3 Å². The molecule has 0 aliphatic carbocycles. The van der Waals surface area contributed by atoms with Crippen LogP contribution in [0.3, 0.4) is 0 Å². The van der Waals surface area contributed by atoms with Crippen LogP contribution in [-0.2, 0) is 16.1 Å². The molecule has 9 heteroatoms. The lowest BCUT2D eigenvalue weighted by Crippen LogP contribution is -2.30. The molecular weight excluding hydrogens is 390 g/mol. The number of nitriles is 1. The van der Waals surface area contributed by atoms with Gasteiger partial charge in [-0.25, -0.2) is 9.78 Å². The molecule has 0 unspecified atom stereocenters. The van der Waals surface area contributed by atoms with Gasteiger partial charge in [0, 0.05) is 37.2 Å². The molecule has 0 aliphatic rings. The van der Waals surface area contributed by atoms with Crippen LogP contribution in [0.4, 0.5) is 11.5 Å². The molecule has 0 aliphatic heterocycles. The van der Waals surface area contributed by atoms with Crippen molar-refractivity contribution >= 4 is 40.3 Å². The van der Waals surface area contributed by atoms with Gasteiger partial charge >= 0.3 is 5.97 Å². The molecule has 0 bridgehead atoms. The van der Waals surface area contributed by atoms with Gasteiger partial charge in [-0.15, -0.1) is 0 Å². The minimum absolute atomic E-state index is 0.147. The van der Waals surface area contributed by atoms with E-state index in [0.29, 0.717) is 15.7 Å². The minimum atomic E-state index is -0.768. The van der Waals surface area contributed by atoms with Gasteiger partial charge in [0.15, 0.2) is 5.57 Å². The van der Waals surface area contributed by atoms with E-state index in [9.17, 15) is 14.9 Å². The number of aromatic nitrogens is 2. The van der Waals surface area contributed by atoms with Crippen LogP contribution in [0.5, 0.6) is 0 Å². The number of anilines is 2. The van der Waals surface area contributed by atoms with E-state index in [0.717, 1.165) is 29.4 Å². The molecule has 8 nitrogen and oxygen atoms in total. The number of nitrogens with one attached hydrogen (secondary N) is 2. The average Bonchev–Trinajstić information content (AvgIpc) is 3.01. The molecule has 0 aromatic carbocycles. The summed E-state index contributed by atoms with van der Waals surface area (Å²) < 4.78 is 6.94. The Labute approximate surface area is 171 Å². The predicted molar refractivity (Wildman–Crippen MR) is 113 cm³/mol. The van der Waals surface area contributed by atoms with Gasteiger partial charge in [-0.1, -0.05) is 22.8 Å². The number of hydrogen-bond acceptors (Lipinski definition) is 8. The summed E-state index contributed by atoms with van der Waals surface area (Å²) in [4.78, 5) is 28.6. The first kappa shape index (κ1) is 21.7.